The molecule has 0 spiro atoms. The lowest BCUT2D eigenvalue weighted by atomic mass is 9.98. The summed E-state index contributed by atoms with van der Waals surface area (Å²) in [6.07, 6.45) is 5.19. The predicted molar refractivity (Wildman–Crippen MR) is 105 cm³/mol. The van der Waals surface area contributed by atoms with Crippen LogP contribution in [0.15, 0.2) is 52.3 Å². The van der Waals surface area contributed by atoms with Crippen LogP contribution in [0.2, 0.25) is 0 Å². The number of nitriles is 1. The van der Waals surface area contributed by atoms with Crippen molar-refractivity contribution >= 4 is 28.4 Å². The number of nitrogens with zero attached hydrogens (tertiary/aromatic N) is 2. The molecule has 4 nitrogen and oxygen atoms in total. The molecule has 1 aliphatic heterocycles. The van der Waals surface area contributed by atoms with Gasteiger partial charge in [0.2, 0.25) is 0 Å². The Morgan fingerprint density at radius 1 is 1.19 bits per heavy atom. The van der Waals surface area contributed by atoms with Crippen molar-refractivity contribution < 1.29 is 0 Å². The van der Waals surface area contributed by atoms with Gasteiger partial charge in [-0.15, -0.1) is 0 Å². The Morgan fingerprint density at radius 2 is 2.08 bits per heavy atom. The zero-order chi connectivity index (χ0) is 17.7. The first kappa shape index (κ1) is 15.5. The van der Waals surface area contributed by atoms with Crippen LogP contribution in [0.4, 0.5) is 5.69 Å². The van der Waals surface area contributed by atoms with Crippen molar-refractivity contribution in [2.24, 2.45) is 0 Å². The van der Waals surface area contributed by atoms with Gasteiger partial charge in [0, 0.05) is 28.4 Å². The molecule has 0 amide bonds. The van der Waals surface area contributed by atoms with Crippen LogP contribution in [-0.2, 0) is 6.42 Å². The molecule has 2 aromatic carbocycles. The molecule has 5 heteroatoms. The lowest BCUT2D eigenvalue weighted by molar-refractivity contribution is 1.01. The number of hydrogen-bond donors (Lipinski definition) is 1. The van der Waals surface area contributed by atoms with E-state index in [-0.39, 0.29) is 5.56 Å². The molecule has 1 saturated carbocycles. The van der Waals surface area contributed by atoms with Crippen molar-refractivity contribution in [2.75, 3.05) is 10.8 Å². The van der Waals surface area contributed by atoms with Crippen LogP contribution in [0, 0.1) is 11.3 Å². The van der Waals surface area contributed by atoms with E-state index in [2.05, 4.69) is 27.5 Å². The van der Waals surface area contributed by atoms with E-state index in [1.165, 1.54) is 24.0 Å². The van der Waals surface area contributed by atoms with E-state index in [0.717, 1.165) is 34.5 Å². The maximum absolute atomic E-state index is 12.1. The van der Waals surface area contributed by atoms with Crippen molar-refractivity contribution in [1.82, 2.24) is 4.98 Å². The summed E-state index contributed by atoms with van der Waals surface area (Å²) in [5, 5.41) is 11.1. The predicted octanol–water partition coefficient (Wildman–Crippen LogP) is 4.35. The average molecular weight is 359 g/mol. The summed E-state index contributed by atoms with van der Waals surface area (Å²) < 4.78 is 2.28. The summed E-state index contributed by atoms with van der Waals surface area (Å²) in [6.45, 7) is 0.925. The minimum Gasteiger partial charge on any atom is -0.329 e. The molecule has 0 atom stereocenters. The third-order valence-electron chi connectivity index (χ3n) is 5.22. The van der Waals surface area contributed by atoms with Crippen LogP contribution in [0.1, 0.15) is 35.4 Å². The van der Waals surface area contributed by atoms with Crippen molar-refractivity contribution in [3.8, 4) is 6.07 Å². The number of benzene rings is 2. The molecular formula is C21H17N3OS. The number of aromatic amines is 1. The third kappa shape index (κ3) is 2.49. The molecule has 1 fully saturated rings. The molecule has 0 unspecified atom stereocenters. The van der Waals surface area contributed by atoms with Crippen molar-refractivity contribution in [1.29, 1.82) is 5.26 Å². The Labute approximate surface area is 155 Å². The standard InChI is InChI=1S/C21H17N3OS/c22-12-13-10-18(14-4-5-14)15-7-9-24(19(15)11-13)26-20-3-1-2-17-16(20)6-8-23-21(17)25/h1-3,6,8,10-11,14H,4-5,7,9H2,(H,23,25). The Hall–Kier alpha value is -2.71. The van der Waals surface area contributed by atoms with Crippen LogP contribution in [0.3, 0.4) is 0 Å². The van der Waals surface area contributed by atoms with Gasteiger partial charge in [0.05, 0.1) is 17.3 Å². The fourth-order valence-corrected chi connectivity index (χ4v) is 4.91. The summed E-state index contributed by atoms with van der Waals surface area (Å²) in [7, 11) is 0. The molecule has 2 aliphatic rings. The molecule has 3 aromatic rings. The van der Waals surface area contributed by atoms with Gasteiger partial charge in [-0.2, -0.15) is 5.26 Å². The minimum absolute atomic E-state index is 0.0606. The maximum Gasteiger partial charge on any atom is 0.255 e. The van der Waals surface area contributed by atoms with Crippen LogP contribution in [0.25, 0.3) is 10.8 Å². The van der Waals surface area contributed by atoms with Crippen LogP contribution in [-0.4, -0.2) is 11.5 Å². The number of nitrogens with one attached hydrogen (secondary N) is 1. The van der Waals surface area contributed by atoms with E-state index in [1.54, 1.807) is 18.1 Å². The number of fused-ring (bicyclic) bond motifs is 2. The molecule has 1 aliphatic carbocycles. The Balaban J connectivity index is 1.57. The van der Waals surface area contributed by atoms with E-state index in [0.29, 0.717) is 11.3 Å². The highest BCUT2D eigenvalue weighted by atomic mass is 32.2. The first-order valence-electron chi connectivity index (χ1n) is 8.87. The quantitative estimate of drug-likeness (QED) is 0.707. The fourth-order valence-electron chi connectivity index (χ4n) is 3.82. The van der Waals surface area contributed by atoms with Crippen molar-refractivity contribution in [3.05, 3.63) is 69.6 Å². The van der Waals surface area contributed by atoms with E-state index in [9.17, 15) is 10.1 Å². The summed E-state index contributed by atoms with van der Waals surface area (Å²) in [5.74, 6) is 0.637. The van der Waals surface area contributed by atoms with Gasteiger partial charge in [0.1, 0.15) is 0 Å². The smallest absolute Gasteiger partial charge is 0.255 e. The molecule has 5 rings (SSSR count). The SMILES string of the molecule is N#Cc1cc(C2CC2)c2c(c1)N(Sc1cccc3c(=O)[nH]ccc13)CC2. The molecule has 26 heavy (non-hydrogen) atoms. The third-order valence-corrected chi connectivity index (χ3v) is 6.38. The molecule has 0 bridgehead atoms. The molecule has 0 radical (unpaired) electrons. The van der Waals surface area contributed by atoms with E-state index in [4.69, 9.17) is 0 Å². The summed E-state index contributed by atoms with van der Waals surface area (Å²) >= 11 is 1.66. The van der Waals surface area contributed by atoms with Gasteiger partial charge in [0.15, 0.2) is 0 Å². The van der Waals surface area contributed by atoms with Gasteiger partial charge < -0.3 is 9.29 Å². The van der Waals surface area contributed by atoms with E-state index in [1.807, 2.05) is 24.3 Å². The van der Waals surface area contributed by atoms with Gasteiger partial charge >= 0.3 is 0 Å². The van der Waals surface area contributed by atoms with Crippen molar-refractivity contribution in [3.63, 3.8) is 0 Å². The Kier molecular flexibility index (Phi) is 3.54. The van der Waals surface area contributed by atoms with Crippen LogP contribution >= 0.6 is 11.9 Å². The van der Waals surface area contributed by atoms with Crippen LogP contribution < -0.4 is 9.86 Å². The second-order valence-corrected chi connectivity index (χ2v) is 7.98. The highest BCUT2D eigenvalue weighted by Gasteiger charge is 2.32. The number of anilines is 1. The number of aromatic nitrogens is 1. The first-order chi connectivity index (χ1) is 12.7. The van der Waals surface area contributed by atoms with Gasteiger partial charge in [-0.05, 0) is 78.6 Å². The van der Waals surface area contributed by atoms with E-state index >= 15 is 0 Å². The molecule has 128 valence electrons. The molecule has 1 N–H and O–H groups in total. The molecule has 0 saturated heterocycles. The lowest BCUT2D eigenvalue weighted by Crippen LogP contribution is -2.11. The van der Waals surface area contributed by atoms with Gasteiger partial charge in [-0.3, -0.25) is 4.79 Å². The monoisotopic (exact) mass is 359 g/mol. The topological polar surface area (TPSA) is 59.9 Å². The van der Waals surface area contributed by atoms with Gasteiger partial charge in [-0.1, -0.05) is 6.07 Å². The number of H-pyrrole nitrogens is 1. The summed E-state index contributed by atoms with van der Waals surface area (Å²) in [4.78, 5) is 15.9. The summed E-state index contributed by atoms with van der Waals surface area (Å²) in [6, 6.07) is 14.2. The Bertz CT molecular complexity index is 1120. The minimum atomic E-state index is -0.0606. The van der Waals surface area contributed by atoms with E-state index < -0.39 is 0 Å². The molecular weight excluding hydrogens is 342 g/mol. The number of rotatable bonds is 3. The number of hydrogen-bond acceptors (Lipinski definition) is 4. The second kappa shape index (κ2) is 5.93. The average Bonchev–Trinajstić information content (AvgIpc) is 3.44. The van der Waals surface area contributed by atoms with Gasteiger partial charge in [0.25, 0.3) is 5.56 Å². The molecule has 2 heterocycles. The van der Waals surface area contributed by atoms with Crippen LogP contribution in [0.5, 0.6) is 0 Å². The number of pyridine rings is 1. The lowest BCUT2D eigenvalue weighted by Gasteiger charge is -2.19. The largest absolute Gasteiger partial charge is 0.329 e. The normalized spacial score (nSPS) is 15.9. The zero-order valence-electron chi connectivity index (χ0n) is 14.2. The van der Waals surface area contributed by atoms with Crippen molar-refractivity contribution in [2.45, 2.75) is 30.1 Å². The highest BCUT2D eigenvalue weighted by molar-refractivity contribution is 8.00. The molecule has 1 aromatic heterocycles. The first-order valence-corrected chi connectivity index (χ1v) is 9.65. The fraction of sp³-hybridized carbons (Fsp3) is 0.238. The Morgan fingerprint density at radius 3 is 2.88 bits per heavy atom. The van der Waals surface area contributed by atoms with Gasteiger partial charge in [-0.25, -0.2) is 0 Å². The second-order valence-electron chi connectivity index (χ2n) is 6.92. The summed E-state index contributed by atoms with van der Waals surface area (Å²) in [5.41, 5.74) is 4.62. The zero-order valence-corrected chi connectivity index (χ0v) is 15.0. The highest BCUT2D eigenvalue weighted by Crippen LogP contribution is 2.48. The maximum atomic E-state index is 12.1.